The average molecular weight is 324 g/mol. The highest BCUT2D eigenvalue weighted by molar-refractivity contribution is 5.73. The van der Waals surface area contributed by atoms with Crippen molar-refractivity contribution in [1.29, 1.82) is 0 Å². The number of hydrogen-bond donors (Lipinski definition) is 0. The van der Waals surface area contributed by atoms with Crippen LogP contribution in [0.1, 0.15) is 18.1 Å². The third-order valence-corrected chi connectivity index (χ3v) is 3.45. The van der Waals surface area contributed by atoms with Crippen LogP contribution in [0.15, 0.2) is 61.2 Å². The highest BCUT2D eigenvalue weighted by Gasteiger charge is 2.34. The molecule has 120 valence electrons. The lowest BCUT2D eigenvalue weighted by molar-refractivity contribution is -0.0694. The Hall–Kier alpha value is -2.43. The molecule has 0 heterocycles. The summed E-state index contributed by atoms with van der Waals surface area (Å²) in [6.07, 6.45) is -4.67. The Bertz CT molecular complexity index is 720. The van der Waals surface area contributed by atoms with Crippen molar-refractivity contribution in [1.82, 2.24) is 0 Å². The zero-order valence-electron chi connectivity index (χ0n) is 12.2. The molecule has 0 amide bonds. The van der Waals surface area contributed by atoms with E-state index in [0.29, 0.717) is 23.0 Å². The summed E-state index contributed by atoms with van der Waals surface area (Å²) >= 11 is 0. The first-order valence-corrected chi connectivity index (χ1v) is 6.72. The number of halogens is 5. The fourth-order valence-corrected chi connectivity index (χ4v) is 2.12. The lowest BCUT2D eigenvalue weighted by atomic mass is 9.99. The van der Waals surface area contributed by atoms with Gasteiger partial charge >= 0.3 is 6.18 Å². The van der Waals surface area contributed by atoms with E-state index < -0.39 is 18.1 Å². The molecule has 0 aliphatic carbocycles. The van der Waals surface area contributed by atoms with Gasteiger partial charge in [-0.2, -0.15) is 13.2 Å². The minimum absolute atomic E-state index is 0.239. The zero-order chi connectivity index (χ0) is 17.0. The fourth-order valence-electron chi connectivity index (χ4n) is 2.12. The molecule has 0 atom stereocenters. The van der Waals surface area contributed by atoms with E-state index in [9.17, 15) is 22.0 Å². The van der Waals surface area contributed by atoms with E-state index in [2.05, 4.69) is 0 Å². The smallest absolute Gasteiger partial charge is 0.215 e. The SMILES string of the molecule is C/C(=C\F)c1ccc(-c2ccc(/C(=C/F)C(F)(F)F)cc2)cc1. The number of benzene rings is 2. The predicted octanol–water partition coefficient (Wildman–Crippen LogP) is 6.56. The summed E-state index contributed by atoms with van der Waals surface area (Å²) in [5.41, 5.74) is 1.09. The second-order valence-corrected chi connectivity index (χ2v) is 4.97. The highest BCUT2D eigenvalue weighted by Crippen LogP contribution is 2.34. The molecular weight excluding hydrogens is 311 g/mol. The Kier molecular flexibility index (Phi) is 4.98. The normalized spacial score (nSPS) is 13.3. The van der Waals surface area contributed by atoms with Crippen molar-refractivity contribution < 1.29 is 22.0 Å². The Morgan fingerprint density at radius 3 is 1.52 bits per heavy atom. The summed E-state index contributed by atoms with van der Waals surface area (Å²) in [5, 5.41) is 0. The van der Waals surface area contributed by atoms with Crippen LogP contribution >= 0.6 is 0 Å². The van der Waals surface area contributed by atoms with Crippen LogP contribution in [0.4, 0.5) is 22.0 Å². The van der Waals surface area contributed by atoms with Crippen molar-refractivity contribution in [3.63, 3.8) is 0 Å². The molecule has 0 aromatic heterocycles. The van der Waals surface area contributed by atoms with Gasteiger partial charge in [-0.15, -0.1) is 0 Å². The maximum atomic E-state index is 12.6. The van der Waals surface area contributed by atoms with Crippen LogP contribution in [-0.4, -0.2) is 6.18 Å². The molecule has 0 fully saturated rings. The van der Waals surface area contributed by atoms with Crippen molar-refractivity contribution in [2.45, 2.75) is 13.1 Å². The third-order valence-electron chi connectivity index (χ3n) is 3.45. The largest absolute Gasteiger partial charge is 0.419 e. The first-order valence-electron chi connectivity index (χ1n) is 6.72. The van der Waals surface area contributed by atoms with Gasteiger partial charge in [0.2, 0.25) is 0 Å². The molecule has 23 heavy (non-hydrogen) atoms. The van der Waals surface area contributed by atoms with E-state index in [4.69, 9.17) is 0 Å². The number of rotatable bonds is 3. The van der Waals surface area contributed by atoms with Crippen LogP contribution < -0.4 is 0 Å². The zero-order valence-corrected chi connectivity index (χ0v) is 12.2. The van der Waals surface area contributed by atoms with Crippen molar-refractivity contribution in [3.05, 3.63) is 72.3 Å². The molecule has 0 nitrogen and oxygen atoms in total. The van der Waals surface area contributed by atoms with E-state index in [1.807, 2.05) is 0 Å². The van der Waals surface area contributed by atoms with Gasteiger partial charge in [-0.05, 0) is 34.8 Å². The third kappa shape index (κ3) is 3.86. The van der Waals surface area contributed by atoms with Gasteiger partial charge in [0.25, 0.3) is 0 Å². The van der Waals surface area contributed by atoms with Crippen molar-refractivity contribution in [3.8, 4) is 11.1 Å². The van der Waals surface area contributed by atoms with Gasteiger partial charge in [0.05, 0.1) is 18.2 Å². The van der Waals surface area contributed by atoms with Gasteiger partial charge in [-0.1, -0.05) is 48.5 Å². The Balaban J connectivity index is 2.30. The van der Waals surface area contributed by atoms with E-state index in [1.165, 1.54) is 24.3 Å². The van der Waals surface area contributed by atoms with Crippen LogP contribution in [0, 0.1) is 0 Å². The number of allylic oxidation sites excluding steroid dienone is 2. The lowest BCUT2D eigenvalue weighted by Gasteiger charge is -2.11. The van der Waals surface area contributed by atoms with E-state index in [-0.39, 0.29) is 5.56 Å². The molecule has 0 bridgehead atoms. The maximum Gasteiger partial charge on any atom is 0.419 e. The van der Waals surface area contributed by atoms with Crippen LogP contribution in [-0.2, 0) is 0 Å². The van der Waals surface area contributed by atoms with E-state index >= 15 is 0 Å². The van der Waals surface area contributed by atoms with Crippen LogP contribution in [0.2, 0.25) is 0 Å². The van der Waals surface area contributed by atoms with Crippen molar-refractivity contribution >= 4 is 11.1 Å². The minimum Gasteiger partial charge on any atom is -0.215 e. The van der Waals surface area contributed by atoms with Crippen LogP contribution in [0.25, 0.3) is 22.3 Å². The van der Waals surface area contributed by atoms with E-state index in [0.717, 1.165) is 5.56 Å². The van der Waals surface area contributed by atoms with Gasteiger partial charge in [-0.3, -0.25) is 0 Å². The van der Waals surface area contributed by atoms with Gasteiger partial charge in [0, 0.05) is 0 Å². The van der Waals surface area contributed by atoms with Crippen LogP contribution in [0.3, 0.4) is 0 Å². The first kappa shape index (κ1) is 16.9. The van der Waals surface area contributed by atoms with Crippen LogP contribution in [0.5, 0.6) is 0 Å². The predicted molar refractivity (Wildman–Crippen MR) is 81.8 cm³/mol. The van der Waals surface area contributed by atoms with Crippen molar-refractivity contribution in [2.75, 3.05) is 0 Å². The van der Waals surface area contributed by atoms with Gasteiger partial charge < -0.3 is 0 Å². The average Bonchev–Trinajstić information content (AvgIpc) is 2.54. The molecular formula is C18H13F5. The molecule has 0 saturated heterocycles. The minimum atomic E-state index is -4.74. The highest BCUT2D eigenvalue weighted by atomic mass is 19.4. The van der Waals surface area contributed by atoms with Crippen molar-refractivity contribution in [2.24, 2.45) is 0 Å². The molecule has 0 radical (unpaired) electrons. The molecule has 0 unspecified atom stereocenters. The molecule has 2 aromatic carbocycles. The molecule has 0 aliphatic rings. The molecule has 0 aliphatic heterocycles. The second-order valence-electron chi connectivity index (χ2n) is 4.97. The topological polar surface area (TPSA) is 0 Å². The maximum absolute atomic E-state index is 12.6. The quantitative estimate of drug-likeness (QED) is 0.561. The molecule has 0 saturated carbocycles. The molecule has 2 rings (SSSR count). The molecule has 0 spiro atoms. The number of alkyl halides is 3. The summed E-state index contributed by atoms with van der Waals surface area (Å²) in [6.45, 7) is 1.63. The summed E-state index contributed by atoms with van der Waals surface area (Å²) in [7, 11) is 0. The lowest BCUT2D eigenvalue weighted by Crippen LogP contribution is -2.10. The van der Waals surface area contributed by atoms with Gasteiger partial charge in [0.15, 0.2) is 0 Å². The summed E-state index contributed by atoms with van der Waals surface area (Å²) in [5.74, 6) is 0. The summed E-state index contributed by atoms with van der Waals surface area (Å²) in [4.78, 5) is 0. The van der Waals surface area contributed by atoms with E-state index in [1.54, 1.807) is 31.2 Å². The Morgan fingerprint density at radius 2 is 1.17 bits per heavy atom. The fraction of sp³-hybridized carbons (Fsp3) is 0.111. The standard InChI is InChI=1S/C18H13F5/c1-12(10-19)13-2-4-14(5-3-13)15-6-8-16(9-7-15)17(11-20)18(21,22)23/h2-11H,1H3/b12-10+,17-11-. The molecule has 5 heteroatoms. The summed E-state index contributed by atoms with van der Waals surface area (Å²) in [6, 6.07) is 12.3. The molecule has 0 N–H and O–H groups in total. The Labute approximate surface area is 130 Å². The molecule has 2 aromatic rings. The second kappa shape index (κ2) is 6.77. The first-order chi connectivity index (χ1) is 10.9. The van der Waals surface area contributed by atoms with Gasteiger partial charge in [-0.25, -0.2) is 8.78 Å². The number of hydrogen-bond acceptors (Lipinski definition) is 0. The Morgan fingerprint density at radius 1 is 0.739 bits per heavy atom. The summed E-state index contributed by atoms with van der Waals surface area (Å²) < 4.78 is 62.9. The van der Waals surface area contributed by atoms with Gasteiger partial charge in [0.1, 0.15) is 0 Å². The monoisotopic (exact) mass is 324 g/mol.